The summed E-state index contributed by atoms with van der Waals surface area (Å²) in [7, 11) is 3.42. The van der Waals surface area contributed by atoms with Gasteiger partial charge in [-0.1, -0.05) is 24.3 Å². The molecule has 1 aliphatic carbocycles. The monoisotopic (exact) mass is 527 g/mol. The molecule has 1 saturated carbocycles. The molecule has 0 bridgehead atoms. The third-order valence-corrected chi connectivity index (χ3v) is 7.87. The van der Waals surface area contributed by atoms with Crippen molar-refractivity contribution < 1.29 is 13.9 Å². The van der Waals surface area contributed by atoms with E-state index in [0.717, 1.165) is 53.8 Å². The molecule has 2 aromatic heterocycles. The van der Waals surface area contributed by atoms with Gasteiger partial charge in [0.05, 0.1) is 18.4 Å². The van der Waals surface area contributed by atoms with Crippen LogP contribution in [0.3, 0.4) is 0 Å². The van der Waals surface area contributed by atoms with Gasteiger partial charge in [0, 0.05) is 37.0 Å². The van der Waals surface area contributed by atoms with Crippen molar-refractivity contribution in [1.82, 2.24) is 19.7 Å². The highest BCUT2D eigenvalue weighted by molar-refractivity contribution is 5.96. The van der Waals surface area contributed by atoms with Gasteiger partial charge in [0.25, 0.3) is 0 Å². The number of methoxy groups -OCH3 is 1. The standard InChI is InChI=1S/C31H34FN5O2/c1-18-29(19(2)37(3)36-18)22-9-8-21(24(16-22)20-10-12-23(33)13-11-20)17-27(38)26-14-15-34-31(35-26)30-25(32)6-5-7-28(30)39-4/h5-9,14-16,20,23H,10-13,17,33H2,1-4H3. The summed E-state index contributed by atoms with van der Waals surface area (Å²) in [6, 6.07) is 12.7. The second-order valence-electron chi connectivity index (χ2n) is 10.4. The second-order valence-corrected chi connectivity index (χ2v) is 10.4. The molecule has 5 rings (SSSR count). The van der Waals surface area contributed by atoms with Crippen molar-refractivity contribution in [2.45, 2.75) is 57.9 Å². The summed E-state index contributed by atoms with van der Waals surface area (Å²) in [4.78, 5) is 22.2. The van der Waals surface area contributed by atoms with E-state index in [4.69, 9.17) is 10.5 Å². The van der Waals surface area contributed by atoms with Crippen molar-refractivity contribution in [3.8, 4) is 28.3 Å². The summed E-state index contributed by atoms with van der Waals surface area (Å²) in [6.07, 6.45) is 5.58. The quantitative estimate of drug-likeness (QED) is 0.309. The van der Waals surface area contributed by atoms with Crippen molar-refractivity contribution in [3.63, 3.8) is 0 Å². The van der Waals surface area contributed by atoms with Crippen LogP contribution in [0, 0.1) is 19.7 Å². The lowest BCUT2D eigenvalue weighted by atomic mass is 9.78. The van der Waals surface area contributed by atoms with Gasteiger partial charge in [0.2, 0.25) is 0 Å². The van der Waals surface area contributed by atoms with Gasteiger partial charge in [-0.25, -0.2) is 14.4 Å². The summed E-state index contributed by atoms with van der Waals surface area (Å²) in [6.45, 7) is 4.10. The number of aromatic nitrogens is 4. The van der Waals surface area contributed by atoms with Crippen LogP contribution >= 0.6 is 0 Å². The van der Waals surface area contributed by atoms with E-state index in [1.54, 1.807) is 18.2 Å². The van der Waals surface area contributed by atoms with E-state index >= 15 is 0 Å². The molecule has 202 valence electrons. The Kier molecular flexibility index (Phi) is 7.57. The van der Waals surface area contributed by atoms with E-state index in [-0.39, 0.29) is 35.3 Å². The molecule has 0 atom stereocenters. The van der Waals surface area contributed by atoms with Gasteiger partial charge in [-0.2, -0.15) is 5.10 Å². The molecule has 0 radical (unpaired) electrons. The number of ether oxygens (including phenoxy) is 1. The molecule has 2 aromatic carbocycles. The first-order chi connectivity index (χ1) is 18.8. The number of ketones is 1. The average molecular weight is 528 g/mol. The minimum Gasteiger partial charge on any atom is -0.496 e. The Labute approximate surface area is 228 Å². The Morgan fingerprint density at radius 3 is 2.56 bits per heavy atom. The van der Waals surface area contributed by atoms with Gasteiger partial charge in [0.1, 0.15) is 17.3 Å². The van der Waals surface area contributed by atoms with E-state index < -0.39 is 5.82 Å². The van der Waals surface area contributed by atoms with Gasteiger partial charge >= 0.3 is 0 Å². The van der Waals surface area contributed by atoms with Crippen LogP contribution in [0.1, 0.15) is 64.6 Å². The number of carbonyl (C=O) groups excluding carboxylic acids is 1. The highest BCUT2D eigenvalue weighted by Gasteiger charge is 2.25. The van der Waals surface area contributed by atoms with Crippen LogP contribution in [-0.2, 0) is 13.5 Å². The third-order valence-electron chi connectivity index (χ3n) is 7.87. The Hall–Kier alpha value is -3.91. The number of halogens is 1. The number of aryl methyl sites for hydroxylation is 2. The first-order valence-electron chi connectivity index (χ1n) is 13.3. The number of rotatable bonds is 7. The van der Waals surface area contributed by atoms with E-state index in [9.17, 15) is 9.18 Å². The maximum Gasteiger partial charge on any atom is 0.185 e. The number of hydrogen-bond donors (Lipinski definition) is 1. The molecule has 0 amide bonds. The van der Waals surface area contributed by atoms with Crippen LogP contribution in [0.5, 0.6) is 5.75 Å². The normalized spacial score (nSPS) is 17.3. The van der Waals surface area contributed by atoms with Crippen LogP contribution < -0.4 is 10.5 Å². The zero-order valence-corrected chi connectivity index (χ0v) is 22.9. The largest absolute Gasteiger partial charge is 0.496 e. The predicted molar refractivity (Wildman–Crippen MR) is 149 cm³/mol. The number of hydrogen-bond acceptors (Lipinski definition) is 6. The summed E-state index contributed by atoms with van der Waals surface area (Å²) in [5.74, 6) is 0.107. The van der Waals surface area contributed by atoms with E-state index in [0.29, 0.717) is 11.7 Å². The van der Waals surface area contributed by atoms with E-state index in [1.165, 1.54) is 24.9 Å². The lowest BCUT2D eigenvalue weighted by Gasteiger charge is -2.28. The molecule has 0 aliphatic heterocycles. The van der Waals surface area contributed by atoms with E-state index in [1.807, 2.05) is 18.7 Å². The molecule has 1 aliphatic rings. The van der Waals surface area contributed by atoms with Gasteiger partial charge in [-0.05, 0) is 80.3 Å². The van der Waals surface area contributed by atoms with Gasteiger partial charge < -0.3 is 10.5 Å². The van der Waals surface area contributed by atoms with Crippen LogP contribution in [0.25, 0.3) is 22.5 Å². The number of nitrogens with zero attached hydrogens (tertiary/aromatic N) is 4. The fourth-order valence-electron chi connectivity index (χ4n) is 5.70. The molecule has 1 fully saturated rings. The van der Waals surface area contributed by atoms with Crippen LogP contribution in [0.15, 0.2) is 48.7 Å². The first-order valence-corrected chi connectivity index (χ1v) is 13.3. The molecular formula is C31H34FN5O2. The summed E-state index contributed by atoms with van der Waals surface area (Å²) < 4.78 is 21.9. The predicted octanol–water partition coefficient (Wildman–Crippen LogP) is 5.72. The average Bonchev–Trinajstić information content (AvgIpc) is 3.19. The van der Waals surface area contributed by atoms with Gasteiger partial charge in [-0.3, -0.25) is 9.48 Å². The van der Waals surface area contributed by atoms with Crippen molar-refractivity contribution in [3.05, 3.63) is 82.7 Å². The highest BCUT2D eigenvalue weighted by Crippen LogP contribution is 2.38. The molecule has 0 spiro atoms. The van der Waals surface area contributed by atoms with Gasteiger partial charge in [-0.15, -0.1) is 0 Å². The Bertz CT molecular complexity index is 1520. The zero-order valence-electron chi connectivity index (χ0n) is 22.9. The number of carbonyl (C=O) groups is 1. The summed E-state index contributed by atoms with van der Waals surface area (Å²) in [5, 5.41) is 4.60. The van der Waals surface area contributed by atoms with Crippen molar-refractivity contribution in [2.24, 2.45) is 12.8 Å². The first kappa shape index (κ1) is 26.7. The molecule has 4 aromatic rings. The van der Waals surface area contributed by atoms with Crippen molar-refractivity contribution >= 4 is 5.78 Å². The minimum atomic E-state index is -0.506. The smallest absolute Gasteiger partial charge is 0.185 e. The molecule has 2 N–H and O–H groups in total. The molecular weight excluding hydrogens is 493 g/mol. The topological polar surface area (TPSA) is 95.9 Å². The van der Waals surface area contributed by atoms with Crippen LogP contribution in [0.2, 0.25) is 0 Å². The second kappa shape index (κ2) is 11.1. The fourth-order valence-corrected chi connectivity index (χ4v) is 5.70. The number of Topliss-reactive ketones (excluding diaryl/α,β-unsaturated/α-hetero) is 1. The minimum absolute atomic E-state index is 0.121. The van der Waals surface area contributed by atoms with Crippen LogP contribution in [0.4, 0.5) is 4.39 Å². The molecule has 0 unspecified atom stereocenters. The molecule has 0 saturated heterocycles. The number of nitrogens with two attached hydrogens (primary N) is 1. The highest BCUT2D eigenvalue weighted by atomic mass is 19.1. The van der Waals surface area contributed by atoms with Crippen molar-refractivity contribution in [2.75, 3.05) is 7.11 Å². The summed E-state index contributed by atoms with van der Waals surface area (Å²) in [5.41, 5.74) is 13.1. The van der Waals surface area contributed by atoms with E-state index in [2.05, 4.69) is 40.2 Å². The molecule has 8 heteroatoms. The summed E-state index contributed by atoms with van der Waals surface area (Å²) >= 11 is 0. The zero-order chi connectivity index (χ0) is 27.7. The Balaban J connectivity index is 1.50. The Morgan fingerprint density at radius 2 is 1.87 bits per heavy atom. The van der Waals surface area contributed by atoms with Crippen LogP contribution in [-0.4, -0.2) is 38.7 Å². The lowest BCUT2D eigenvalue weighted by molar-refractivity contribution is 0.0987. The number of benzene rings is 2. The Morgan fingerprint density at radius 1 is 1.10 bits per heavy atom. The third kappa shape index (κ3) is 5.34. The van der Waals surface area contributed by atoms with Crippen molar-refractivity contribution in [1.29, 1.82) is 0 Å². The molecule has 2 heterocycles. The SMILES string of the molecule is COc1cccc(F)c1-c1nccc(C(=O)Cc2ccc(-c3c(C)nn(C)c3C)cc2C2CCC(N)CC2)n1. The van der Waals surface area contributed by atoms with Gasteiger partial charge in [0.15, 0.2) is 11.6 Å². The lowest BCUT2D eigenvalue weighted by Crippen LogP contribution is -2.26. The molecule has 7 nitrogen and oxygen atoms in total. The maximum atomic E-state index is 14.7. The molecule has 39 heavy (non-hydrogen) atoms. The fraction of sp³-hybridized carbons (Fsp3) is 0.355. The maximum absolute atomic E-state index is 14.7.